The highest BCUT2D eigenvalue weighted by Crippen LogP contribution is 1.89. The molecule has 0 aliphatic carbocycles. The van der Waals surface area contributed by atoms with E-state index in [9.17, 15) is 4.79 Å². The van der Waals surface area contributed by atoms with Gasteiger partial charge in [0.15, 0.2) is 0 Å². The van der Waals surface area contributed by atoms with Crippen LogP contribution >= 0.6 is 0 Å². The van der Waals surface area contributed by atoms with Gasteiger partial charge in [-0.1, -0.05) is 6.08 Å². The number of aliphatic carboxylic acids is 1. The van der Waals surface area contributed by atoms with Gasteiger partial charge in [0.1, 0.15) is 6.54 Å². The van der Waals surface area contributed by atoms with Crippen molar-refractivity contribution < 1.29 is 9.90 Å². The molecule has 0 aromatic carbocycles. The first-order chi connectivity index (χ1) is 4.29. The van der Waals surface area contributed by atoms with E-state index in [2.05, 4.69) is 5.43 Å². The molecule has 0 saturated heterocycles. The lowest BCUT2D eigenvalue weighted by molar-refractivity contribution is -0.138. The summed E-state index contributed by atoms with van der Waals surface area (Å²) in [6, 6.07) is 0. The summed E-state index contributed by atoms with van der Waals surface area (Å²) in [4.78, 5) is 10.0. The highest BCUT2D eigenvalue weighted by molar-refractivity contribution is 5.69. The maximum absolute atomic E-state index is 10.0. The van der Waals surface area contributed by atoms with E-state index in [1.165, 1.54) is 0 Å². The molecule has 0 amide bonds. The molecular weight excluding hydrogens is 120 g/mol. The molecule has 0 bridgehead atoms. The second kappa shape index (κ2) is 2.50. The van der Waals surface area contributed by atoms with Gasteiger partial charge in [-0.3, -0.25) is 4.79 Å². The van der Waals surface area contributed by atoms with Gasteiger partial charge >= 0.3 is 5.97 Å². The van der Waals surface area contributed by atoms with Crippen molar-refractivity contribution in [2.45, 2.75) is 0 Å². The molecule has 4 heteroatoms. The first kappa shape index (κ1) is 6.10. The van der Waals surface area contributed by atoms with Gasteiger partial charge in [0.2, 0.25) is 0 Å². The lowest BCUT2D eigenvalue weighted by atomic mass is 10.6. The Morgan fingerprint density at radius 2 is 2.67 bits per heavy atom. The second-order valence-corrected chi connectivity index (χ2v) is 1.81. The van der Waals surface area contributed by atoms with Crippen LogP contribution in [-0.2, 0) is 4.79 Å². The Kier molecular flexibility index (Phi) is 1.69. The molecule has 0 radical (unpaired) electrons. The topological polar surface area (TPSA) is 52.6 Å². The molecular formula is C5H8N2O2. The van der Waals surface area contributed by atoms with Gasteiger partial charge in [0.25, 0.3) is 0 Å². The van der Waals surface area contributed by atoms with Gasteiger partial charge in [-0.15, -0.1) is 0 Å². The lowest BCUT2D eigenvalue weighted by Gasteiger charge is -2.11. The SMILES string of the molecule is O=C(O)CN1CC=CN1. The van der Waals surface area contributed by atoms with Crippen LogP contribution in [0.2, 0.25) is 0 Å². The molecule has 1 rings (SSSR count). The zero-order chi connectivity index (χ0) is 6.69. The maximum atomic E-state index is 10.0. The van der Waals surface area contributed by atoms with E-state index in [0.29, 0.717) is 6.54 Å². The van der Waals surface area contributed by atoms with Crippen molar-refractivity contribution in [1.29, 1.82) is 0 Å². The van der Waals surface area contributed by atoms with Crippen LogP contribution in [-0.4, -0.2) is 29.2 Å². The molecule has 0 unspecified atom stereocenters. The van der Waals surface area contributed by atoms with E-state index < -0.39 is 5.97 Å². The Bertz CT molecular complexity index is 136. The number of hydrazine groups is 1. The van der Waals surface area contributed by atoms with Crippen LogP contribution in [0.1, 0.15) is 0 Å². The van der Waals surface area contributed by atoms with Gasteiger partial charge in [-0.2, -0.15) is 0 Å². The summed E-state index contributed by atoms with van der Waals surface area (Å²) in [7, 11) is 0. The minimum atomic E-state index is -0.814. The minimum absolute atomic E-state index is 0.0486. The van der Waals surface area contributed by atoms with Crippen LogP contribution < -0.4 is 5.43 Å². The predicted molar refractivity (Wildman–Crippen MR) is 31.5 cm³/mol. The van der Waals surface area contributed by atoms with Crippen molar-refractivity contribution in [3.05, 3.63) is 12.3 Å². The Labute approximate surface area is 52.7 Å². The Morgan fingerprint density at radius 1 is 1.89 bits per heavy atom. The first-order valence-corrected chi connectivity index (χ1v) is 2.67. The summed E-state index contributed by atoms with van der Waals surface area (Å²) < 4.78 is 0. The van der Waals surface area contributed by atoms with Crippen LogP contribution in [0.3, 0.4) is 0 Å². The number of hydrogen-bond donors (Lipinski definition) is 2. The summed E-state index contributed by atoms with van der Waals surface area (Å²) >= 11 is 0. The van der Waals surface area contributed by atoms with Crippen molar-refractivity contribution in [3.8, 4) is 0 Å². The maximum Gasteiger partial charge on any atom is 0.319 e. The molecule has 0 aromatic heterocycles. The Balaban J connectivity index is 2.22. The van der Waals surface area contributed by atoms with Gasteiger partial charge in [0.05, 0.1) is 0 Å². The number of carboxylic acid groups (broad SMARTS) is 1. The van der Waals surface area contributed by atoms with E-state index in [1.807, 2.05) is 6.08 Å². The smallest absolute Gasteiger partial charge is 0.319 e. The standard InChI is InChI=1S/C5H8N2O2/c8-5(9)4-7-3-1-2-6-7/h1-2,6H,3-4H2,(H,8,9). The summed E-state index contributed by atoms with van der Waals surface area (Å²) in [5.41, 5.74) is 2.76. The van der Waals surface area contributed by atoms with Gasteiger partial charge in [0, 0.05) is 12.7 Å². The zero-order valence-electron chi connectivity index (χ0n) is 4.87. The lowest BCUT2D eigenvalue weighted by Crippen LogP contribution is -2.34. The number of hydrogen-bond acceptors (Lipinski definition) is 3. The van der Waals surface area contributed by atoms with Crippen molar-refractivity contribution in [2.24, 2.45) is 0 Å². The Morgan fingerprint density at radius 3 is 3.11 bits per heavy atom. The van der Waals surface area contributed by atoms with E-state index >= 15 is 0 Å². The third kappa shape index (κ3) is 1.73. The molecule has 9 heavy (non-hydrogen) atoms. The van der Waals surface area contributed by atoms with Crippen molar-refractivity contribution in [3.63, 3.8) is 0 Å². The van der Waals surface area contributed by atoms with Gasteiger partial charge in [-0.25, -0.2) is 5.01 Å². The molecule has 0 aromatic rings. The average molecular weight is 128 g/mol. The average Bonchev–Trinajstić information content (AvgIpc) is 2.15. The number of nitrogens with zero attached hydrogens (tertiary/aromatic N) is 1. The van der Waals surface area contributed by atoms with Crippen molar-refractivity contribution >= 4 is 5.97 Å². The van der Waals surface area contributed by atoms with E-state index in [4.69, 9.17) is 5.11 Å². The van der Waals surface area contributed by atoms with E-state index in [-0.39, 0.29) is 6.54 Å². The normalized spacial score (nSPS) is 17.8. The van der Waals surface area contributed by atoms with Crippen molar-refractivity contribution in [1.82, 2.24) is 10.4 Å². The third-order valence-electron chi connectivity index (χ3n) is 1.03. The van der Waals surface area contributed by atoms with E-state index in [1.54, 1.807) is 11.2 Å². The fourth-order valence-electron chi connectivity index (χ4n) is 0.664. The van der Waals surface area contributed by atoms with Crippen LogP contribution in [0.25, 0.3) is 0 Å². The summed E-state index contributed by atoms with van der Waals surface area (Å²) in [5.74, 6) is -0.814. The molecule has 0 spiro atoms. The van der Waals surface area contributed by atoms with Crippen LogP contribution in [0, 0.1) is 0 Å². The number of carboxylic acids is 1. The Hall–Kier alpha value is -1.03. The number of rotatable bonds is 2. The highest BCUT2D eigenvalue weighted by Gasteiger charge is 2.08. The third-order valence-corrected chi connectivity index (χ3v) is 1.03. The fraction of sp³-hybridized carbons (Fsp3) is 0.400. The zero-order valence-corrected chi connectivity index (χ0v) is 4.87. The van der Waals surface area contributed by atoms with Gasteiger partial charge < -0.3 is 10.5 Å². The van der Waals surface area contributed by atoms with Crippen LogP contribution in [0.5, 0.6) is 0 Å². The van der Waals surface area contributed by atoms with Crippen molar-refractivity contribution in [2.75, 3.05) is 13.1 Å². The summed E-state index contributed by atoms with van der Waals surface area (Å²) in [6.45, 7) is 0.722. The summed E-state index contributed by atoms with van der Waals surface area (Å²) in [5, 5.41) is 9.86. The molecule has 1 aliphatic rings. The first-order valence-electron chi connectivity index (χ1n) is 2.67. The largest absolute Gasteiger partial charge is 0.480 e. The predicted octanol–water partition coefficient (Wildman–Crippen LogP) is -0.595. The molecule has 2 N–H and O–H groups in total. The number of nitrogens with one attached hydrogen (secondary N) is 1. The summed E-state index contributed by atoms with van der Waals surface area (Å²) in [6.07, 6.45) is 3.59. The molecule has 4 nitrogen and oxygen atoms in total. The van der Waals surface area contributed by atoms with Gasteiger partial charge in [-0.05, 0) is 0 Å². The fourth-order valence-corrected chi connectivity index (χ4v) is 0.664. The molecule has 0 saturated carbocycles. The molecule has 1 heterocycles. The van der Waals surface area contributed by atoms with Crippen LogP contribution in [0.4, 0.5) is 0 Å². The molecule has 0 atom stereocenters. The van der Waals surface area contributed by atoms with Crippen LogP contribution in [0.15, 0.2) is 12.3 Å². The number of carbonyl (C=O) groups is 1. The molecule has 1 aliphatic heterocycles. The second-order valence-electron chi connectivity index (χ2n) is 1.81. The highest BCUT2D eigenvalue weighted by atomic mass is 16.4. The minimum Gasteiger partial charge on any atom is -0.480 e. The molecule has 0 fully saturated rings. The van der Waals surface area contributed by atoms with E-state index in [0.717, 1.165) is 0 Å². The monoisotopic (exact) mass is 128 g/mol. The molecule has 50 valence electrons. The quantitative estimate of drug-likeness (QED) is 0.521.